The molecule has 0 aliphatic carbocycles. The first-order chi connectivity index (χ1) is 23.7. The molecule has 0 radical (unpaired) electrons. The molecule has 3 aliphatic heterocycles. The topological polar surface area (TPSA) is 239 Å². The number of carbonyl (C=O) groups excluding carboxylic acids is 1. The zero-order valence-electron chi connectivity index (χ0n) is 28.7. The van der Waals surface area contributed by atoms with E-state index in [1.54, 1.807) is 43.4 Å². The van der Waals surface area contributed by atoms with Crippen molar-refractivity contribution in [3.8, 4) is 0 Å². The van der Waals surface area contributed by atoms with Crippen LogP contribution in [0.3, 0.4) is 0 Å². The molecule has 3 heterocycles. The fourth-order valence-electron chi connectivity index (χ4n) is 6.31. The van der Waals surface area contributed by atoms with E-state index >= 15 is 0 Å². The van der Waals surface area contributed by atoms with Crippen molar-refractivity contribution in [1.29, 1.82) is 0 Å². The van der Waals surface area contributed by atoms with Crippen LogP contribution >= 0.6 is 0 Å². The number of unbranched alkanes of at least 4 members (excludes halogenated alkanes) is 1. The van der Waals surface area contributed by atoms with Gasteiger partial charge in [0, 0.05) is 31.8 Å². The number of hydrogen-bond donors (Lipinski definition) is 8. The van der Waals surface area contributed by atoms with Crippen LogP contribution < -0.4 is 5.73 Å². The number of aliphatic carboxylic acids is 1. The minimum absolute atomic E-state index is 0.00930. The number of fused-ring (bicyclic) bond motifs is 2. The van der Waals surface area contributed by atoms with Crippen molar-refractivity contribution in [2.75, 3.05) is 0 Å². The Morgan fingerprint density at radius 1 is 0.960 bits per heavy atom. The number of cyclic esters (lactones) is 1. The molecule has 3 rings (SSSR count). The summed E-state index contributed by atoms with van der Waals surface area (Å²) in [4.78, 5) is 24.7. The van der Waals surface area contributed by atoms with Gasteiger partial charge < -0.3 is 60.4 Å². The Hall–Kier alpha value is -2.76. The number of rotatable bonds is 6. The molecule has 0 saturated carbocycles. The van der Waals surface area contributed by atoms with Crippen molar-refractivity contribution in [3.63, 3.8) is 0 Å². The van der Waals surface area contributed by atoms with E-state index in [1.807, 2.05) is 19.1 Å². The van der Waals surface area contributed by atoms with E-state index in [9.17, 15) is 45.3 Å². The first-order valence-corrected chi connectivity index (χ1v) is 17.4. The van der Waals surface area contributed by atoms with Crippen LogP contribution in [0.1, 0.15) is 71.6 Å². The Labute approximate surface area is 293 Å². The van der Waals surface area contributed by atoms with Gasteiger partial charge in [-0.2, -0.15) is 0 Å². The van der Waals surface area contributed by atoms with Gasteiger partial charge in [-0.05, 0) is 26.2 Å². The smallest absolute Gasteiger partial charge is 0.330 e. The minimum atomic E-state index is -2.18. The quantitative estimate of drug-likeness (QED) is 0.181. The number of hydrogen-bond acceptors (Lipinski definition) is 13. The molecule has 2 fully saturated rings. The third-order valence-electron chi connectivity index (χ3n) is 9.01. The third kappa shape index (κ3) is 13.1. The Balaban J connectivity index is 1.91. The largest absolute Gasteiger partial charge is 0.481 e. The summed E-state index contributed by atoms with van der Waals surface area (Å²) < 4.78 is 23.2. The van der Waals surface area contributed by atoms with Crippen molar-refractivity contribution in [1.82, 2.24) is 0 Å². The van der Waals surface area contributed by atoms with Crippen LogP contribution in [0.2, 0.25) is 0 Å². The van der Waals surface area contributed by atoms with E-state index in [1.165, 1.54) is 12.2 Å². The molecule has 282 valence electrons. The fraction of sp³-hybridized carbons (Fsp3) is 0.667. The van der Waals surface area contributed by atoms with Gasteiger partial charge in [0.2, 0.25) is 0 Å². The summed E-state index contributed by atoms with van der Waals surface area (Å²) in [6.07, 6.45) is 6.71. The van der Waals surface area contributed by atoms with Crippen LogP contribution in [0.4, 0.5) is 0 Å². The molecule has 3 aliphatic rings. The van der Waals surface area contributed by atoms with E-state index in [0.717, 1.165) is 12.8 Å². The minimum Gasteiger partial charge on any atom is -0.481 e. The number of ether oxygens (including phenoxy) is 4. The van der Waals surface area contributed by atoms with Crippen molar-refractivity contribution in [3.05, 3.63) is 60.8 Å². The number of esters is 1. The van der Waals surface area contributed by atoms with Gasteiger partial charge in [0.05, 0.1) is 48.8 Å². The number of allylic oxidation sites excluding steroid dienone is 6. The van der Waals surface area contributed by atoms with E-state index in [4.69, 9.17) is 24.7 Å². The molecule has 13 atom stereocenters. The van der Waals surface area contributed by atoms with Crippen molar-refractivity contribution >= 4 is 11.9 Å². The fourth-order valence-corrected chi connectivity index (χ4v) is 6.31. The van der Waals surface area contributed by atoms with Gasteiger partial charge in [-0.25, -0.2) is 4.79 Å². The molecule has 50 heavy (non-hydrogen) atoms. The van der Waals surface area contributed by atoms with Gasteiger partial charge >= 0.3 is 11.9 Å². The first-order valence-electron chi connectivity index (χ1n) is 17.4. The zero-order valence-corrected chi connectivity index (χ0v) is 28.7. The van der Waals surface area contributed by atoms with Gasteiger partial charge in [0.15, 0.2) is 12.1 Å². The van der Waals surface area contributed by atoms with Crippen LogP contribution in [0.15, 0.2) is 60.8 Å². The Kier molecular flexibility index (Phi) is 16.9. The lowest BCUT2D eigenvalue weighted by Gasteiger charge is -2.45. The lowest BCUT2D eigenvalue weighted by molar-refractivity contribution is -0.308. The summed E-state index contributed by atoms with van der Waals surface area (Å²) in [6, 6.07) is -1.09. The molecular weight excluding hydrogens is 654 g/mol. The van der Waals surface area contributed by atoms with Crippen molar-refractivity contribution < 1.29 is 64.3 Å². The van der Waals surface area contributed by atoms with Crippen LogP contribution in [-0.4, -0.2) is 121 Å². The second kappa shape index (κ2) is 20.3. The summed E-state index contributed by atoms with van der Waals surface area (Å²) in [7, 11) is 0. The summed E-state index contributed by atoms with van der Waals surface area (Å²) in [5.74, 6) is -5.60. The molecule has 0 amide bonds. The maximum Gasteiger partial charge on any atom is 0.330 e. The SMILES string of the molecule is CCCCC1C/C=C/C=C/C=C/C=C/C(O[C@@H]2O[C@H](C)[C@@H](O)[C@H](N)[C@@H]2O)CC2OC(O)(CC(O)CC(O)C/C=C/C(=O)O1)CC(O)C2C(=O)O. The molecule has 0 spiro atoms. The standard InChI is InChI=1S/C36H55NO13/c1-3-4-14-25-15-10-8-6-5-7-9-11-16-26(49-35-33(43)31(37)32(42)22(2)47-35)19-28-30(34(44)45)27(40)21-36(46,50-28)20-24(39)18-23(38)13-12-17-29(41)48-25/h5-12,16-17,22-28,30-33,35,38-40,42-43,46H,3-4,13-15,18-21,37H2,1-2H3,(H,44,45)/b6-5+,9-7+,10-8+,16-11+,17-12+/t22-,23?,24?,25?,26?,27?,28?,30?,31+,32-,33+,35+,36?/m1/s1. The highest BCUT2D eigenvalue weighted by molar-refractivity contribution is 5.82. The number of carboxylic acids is 1. The molecule has 0 aromatic carbocycles. The lowest BCUT2D eigenvalue weighted by Crippen LogP contribution is -2.61. The molecular formula is C36H55NO13. The van der Waals surface area contributed by atoms with E-state index in [2.05, 4.69) is 0 Å². The summed E-state index contributed by atoms with van der Waals surface area (Å²) in [5, 5.41) is 74.5. The highest BCUT2D eigenvalue weighted by atomic mass is 16.7. The highest BCUT2D eigenvalue weighted by Gasteiger charge is 2.50. The molecule has 14 nitrogen and oxygen atoms in total. The van der Waals surface area contributed by atoms with Crippen molar-refractivity contribution in [2.45, 2.75) is 145 Å². The molecule has 0 aromatic rings. The van der Waals surface area contributed by atoms with Gasteiger partial charge in [-0.15, -0.1) is 0 Å². The van der Waals surface area contributed by atoms with Gasteiger partial charge in [-0.1, -0.05) is 74.4 Å². The van der Waals surface area contributed by atoms with Crippen LogP contribution in [0, 0.1) is 5.92 Å². The molecule has 9 N–H and O–H groups in total. The van der Waals surface area contributed by atoms with Crippen molar-refractivity contribution in [2.24, 2.45) is 11.7 Å². The monoisotopic (exact) mass is 709 g/mol. The van der Waals surface area contributed by atoms with Gasteiger partial charge in [0.25, 0.3) is 0 Å². The molecule has 2 saturated heterocycles. The molecule has 8 unspecified atom stereocenters. The van der Waals surface area contributed by atoms with Crippen LogP contribution in [0.5, 0.6) is 0 Å². The summed E-state index contributed by atoms with van der Waals surface area (Å²) in [5.41, 5.74) is 5.98. The average Bonchev–Trinajstić information content (AvgIpc) is 3.02. The van der Waals surface area contributed by atoms with Gasteiger partial charge in [-0.3, -0.25) is 4.79 Å². The Morgan fingerprint density at radius 2 is 1.66 bits per heavy atom. The van der Waals surface area contributed by atoms with E-state index in [0.29, 0.717) is 12.8 Å². The van der Waals surface area contributed by atoms with Crippen LogP contribution in [0.25, 0.3) is 0 Å². The Morgan fingerprint density at radius 3 is 2.36 bits per heavy atom. The summed E-state index contributed by atoms with van der Waals surface area (Å²) >= 11 is 0. The zero-order chi connectivity index (χ0) is 36.8. The predicted octanol–water partition coefficient (Wildman–Crippen LogP) is 1.27. The van der Waals surface area contributed by atoms with E-state index in [-0.39, 0.29) is 25.4 Å². The number of aliphatic hydroxyl groups excluding tert-OH is 5. The third-order valence-corrected chi connectivity index (χ3v) is 9.01. The predicted molar refractivity (Wildman–Crippen MR) is 181 cm³/mol. The number of carbonyl (C=O) groups is 2. The normalized spacial score (nSPS) is 43.0. The maximum absolute atomic E-state index is 12.4. The average molecular weight is 710 g/mol. The number of nitrogens with two attached hydrogens (primary N) is 1. The maximum atomic E-state index is 12.4. The lowest BCUT2D eigenvalue weighted by atomic mass is 9.83. The second-order valence-electron chi connectivity index (χ2n) is 13.3. The van der Waals surface area contributed by atoms with Gasteiger partial charge in [0.1, 0.15) is 18.1 Å². The van der Waals surface area contributed by atoms with E-state index < -0.39 is 97.6 Å². The molecule has 0 aromatic heterocycles. The molecule has 14 heteroatoms. The van der Waals surface area contributed by atoms with Crippen LogP contribution in [-0.2, 0) is 28.5 Å². The number of aliphatic hydroxyl groups is 6. The Bertz CT molecular complexity index is 1220. The first kappa shape index (κ1) is 41.7. The second-order valence-corrected chi connectivity index (χ2v) is 13.3. The summed E-state index contributed by atoms with van der Waals surface area (Å²) in [6.45, 7) is 3.61. The number of carboxylic acid groups (broad SMARTS) is 1. The highest BCUT2D eigenvalue weighted by Crippen LogP contribution is 2.38. The molecule has 2 bridgehead atoms.